The van der Waals surface area contributed by atoms with Gasteiger partial charge in [-0.3, -0.25) is 0 Å². The van der Waals surface area contributed by atoms with Crippen molar-refractivity contribution in [3.63, 3.8) is 0 Å². The van der Waals surface area contributed by atoms with E-state index in [1.54, 1.807) is 0 Å². The van der Waals surface area contributed by atoms with Crippen LogP contribution in [0.3, 0.4) is 0 Å². The molecule has 5 heteroatoms. The van der Waals surface area contributed by atoms with Crippen molar-refractivity contribution in [1.29, 1.82) is 0 Å². The van der Waals surface area contributed by atoms with E-state index in [1.807, 2.05) is 26.0 Å². The zero-order chi connectivity index (χ0) is 17.7. The van der Waals surface area contributed by atoms with Gasteiger partial charge in [-0.2, -0.15) is 0 Å². The van der Waals surface area contributed by atoms with Gasteiger partial charge in [0.25, 0.3) is 0 Å². The molecule has 1 aromatic carbocycles. The van der Waals surface area contributed by atoms with E-state index in [2.05, 4.69) is 19.2 Å². The minimum absolute atomic E-state index is 0.192. The topological polar surface area (TPSA) is 71.7 Å². The molecule has 0 aliphatic carbocycles. The summed E-state index contributed by atoms with van der Waals surface area (Å²) in [5.41, 5.74) is 1.83. The third-order valence-electron chi connectivity index (χ3n) is 4.03. The average Bonchev–Trinajstić information content (AvgIpc) is 2.51. The highest BCUT2D eigenvalue weighted by Crippen LogP contribution is 2.28. The summed E-state index contributed by atoms with van der Waals surface area (Å²) in [7, 11) is 0. The van der Waals surface area contributed by atoms with E-state index in [0.29, 0.717) is 23.8 Å². The van der Waals surface area contributed by atoms with Gasteiger partial charge in [0.05, 0.1) is 0 Å². The first-order valence-electron chi connectivity index (χ1n) is 8.44. The zero-order valence-electron chi connectivity index (χ0n) is 14.9. The summed E-state index contributed by atoms with van der Waals surface area (Å²) in [5, 5.41) is 14.1. The van der Waals surface area contributed by atoms with Crippen LogP contribution in [0.2, 0.25) is 0 Å². The monoisotopic (exact) mass is 333 g/mol. The first-order valence-corrected chi connectivity index (χ1v) is 8.44. The molecule has 1 atom stereocenters. The number of aliphatic hydroxyl groups is 1. The van der Waals surface area contributed by atoms with Gasteiger partial charge in [0.1, 0.15) is 24.0 Å². The fourth-order valence-corrected chi connectivity index (χ4v) is 2.56. The van der Waals surface area contributed by atoms with Gasteiger partial charge in [-0.1, -0.05) is 13.8 Å². The number of hydrogen-bond donors (Lipinski definition) is 2. The maximum atomic E-state index is 11.6. The SMILES string of the molecule is Cc1cc(=O)oc2c(C)c(OCC(O)CNCCC(C)C)ccc12. The quantitative estimate of drug-likeness (QED) is 0.574. The first kappa shape index (κ1) is 18.5. The Bertz CT molecular complexity index is 736. The maximum Gasteiger partial charge on any atom is 0.336 e. The standard InChI is InChI=1S/C19H27NO4/c1-12(2)7-8-20-10-15(21)11-23-17-6-5-16-13(3)9-18(22)24-19(16)14(17)4/h5-6,9,12,15,20-21H,7-8,10-11H2,1-4H3. The number of aliphatic hydroxyl groups excluding tert-OH is 1. The number of rotatable bonds is 8. The Hall–Kier alpha value is -1.85. The third-order valence-corrected chi connectivity index (χ3v) is 4.03. The highest BCUT2D eigenvalue weighted by atomic mass is 16.5. The predicted octanol–water partition coefficient (Wildman–Crippen LogP) is 2.79. The molecule has 0 saturated carbocycles. The summed E-state index contributed by atoms with van der Waals surface area (Å²) in [6, 6.07) is 5.21. The van der Waals surface area contributed by atoms with Gasteiger partial charge in [-0.15, -0.1) is 0 Å². The molecule has 1 heterocycles. The second-order valence-corrected chi connectivity index (χ2v) is 6.67. The largest absolute Gasteiger partial charge is 0.490 e. The van der Waals surface area contributed by atoms with Crippen molar-refractivity contribution in [2.24, 2.45) is 5.92 Å². The molecular formula is C19H27NO4. The lowest BCUT2D eigenvalue weighted by Crippen LogP contribution is -2.32. The molecule has 5 nitrogen and oxygen atoms in total. The highest BCUT2D eigenvalue weighted by molar-refractivity contribution is 5.84. The molecule has 2 rings (SSSR count). The lowest BCUT2D eigenvalue weighted by Gasteiger charge is -2.15. The molecule has 0 spiro atoms. The van der Waals surface area contributed by atoms with E-state index in [4.69, 9.17) is 9.15 Å². The van der Waals surface area contributed by atoms with Crippen LogP contribution in [0.4, 0.5) is 0 Å². The Morgan fingerprint density at radius 2 is 2.04 bits per heavy atom. The van der Waals surface area contributed by atoms with Crippen molar-refractivity contribution in [3.05, 3.63) is 39.7 Å². The summed E-state index contributed by atoms with van der Waals surface area (Å²) in [6.07, 6.45) is 0.493. The number of aryl methyl sites for hydroxylation is 2. The number of ether oxygens (including phenoxy) is 1. The van der Waals surface area contributed by atoms with Crippen LogP contribution >= 0.6 is 0 Å². The van der Waals surface area contributed by atoms with Crippen LogP contribution in [0.5, 0.6) is 5.75 Å². The molecule has 1 aromatic heterocycles. The Morgan fingerprint density at radius 1 is 1.29 bits per heavy atom. The van der Waals surface area contributed by atoms with Crippen LogP contribution in [0, 0.1) is 19.8 Å². The molecule has 132 valence electrons. The molecular weight excluding hydrogens is 306 g/mol. The molecule has 0 aliphatic rings. The van der Waals surface area contributed by atoms with Gasteiger partial charge in [0.15, 0.2) is 0 Å². The van der Waals surface area contributed by atoms with Crippen LogP contribution in [0.15, 0.2) is 27.4 Å². The number of fused-ring (bicyclic) bond motifs is 1. The van der Waals surface area contributed by atoms with E-state index >= 15 is 0 Å². The van der Waals surface area contributed by atoms with Gasteiger partial charge in [-0.25, -0.2) is 4.79 Å². The predicted molar refractivity (Wildman–Crippen MR) is 95.8 cm³/mol. The van der Waals surface area contributed by atoms with Gasteiger partial charge >= 0.3 is 5.63 Å². The molecule has 0 radical (unpaired) electrons. The van der Waals surface area contributed by atoms with Gasteiger partial charge < -0.3 is 19.6 Å². The Kier molecular flexibility index (Phi) is 6.40. The fourth-order valence-electron chi connectivity index (χ4n) is 2.56. The van der Waals surface area contributed by atoms with Crippen molar-refractivity contribution >= 4 is 11.0 Å². The summed E-state index contributed by atoms with van der Waals surface area (Å²) >= 11 is 0. The first-order chi connectivity index (χ1) is 11.4. The Balaban J connectivity index is 1.98. The average molecular weight is 333 g/mol. The molecule has 0 amide bonds. The summed E-state index contributed by atoms with van der Waals surface area (Å²) in [5.74, 6) is 1.27. The lowest BCUT2D eigenvalue weighted by atomic mass is 10.1. The summed E-state index contributed by atoms with van der Waals surface area (Å²) in [4.78, 5) is 11.6. The molecule has 0 aliphatic heterocycles. The number of nitrogens with one attached hydrogen (secondary N) is 1. The zero-order valence-corrected chi connectivity index (χ0v) is 14.9. The molecule has 0 saturated heterocycles. The van der Waals surface area contributed by atoms with E-state index in [1.165, 1.54) is 6.07 Å². The molecule has 2 N–H and O–H groups in total. The second kappa shape index (κ2) is 8.31. The Labute approximate surface area is 142 Å². The maximum absolute atomic E-state index is 11.6. The van der Waals surface area contributed by atoms with E-state index in [0.717, 1.165) is 29.5 Å². The molecule has 24 heavy (non-hydrogen) atoms. The Morgan fingerprint density at radius 3 is 2.75 bits per heavy atom. The second-order valence-electron chi connectivity index (χ2n) is 6.67. The van der Waals surface area contributed by atoms with Crippen LogP contribution in [0.25, 0.3) is 11.0 Å². The van der Waals surface area contributed by atoms with Crippen molar-refractivity contribution in [3.8, 4) is 5.75 Å². The van der Waals surface area contributed by atoms with Crippen molar-refractivity contribution in [2.45, 2.75) is 40.2 Å². The van der Waals surface area contributed by atoms with Gasteiger partial charge in [0, 0.05) is 23.6 Å². The van der Waals surface area contributed by atoms with Crippen LogP contribution in [-0.2, 0) is 0 Å². The lowest BCUT2D eigenvalue weighted by molar-refractivity contribution is 0.106. The molecule has 1 unspecified atom stereocenters. The summed E-state index contributed by atoms with van der Waals surface area (Å²) in [6.45, 7) is 9.64. The fraction of sp³-hybridized carbons (Fsp3) is 0.526. The van der Waals surface area contributed by atoms with Crippen LogP contribution in [-0.4, -0.2) is 30.9 Å². The molecule has 0 bridgehead atoms. The van der Waals surface area contributed by atoms with Crippen molar-refractivity contribution in [2.75, 3.05) is 19.7 Å². The van der Waals surface area contributed by atoms with Gasteiger partial charge in [0.2, 0.25) is 0 Å². The highest BCUT2D eigenvalue weighted by Gasteiger charge is 2.12. The number of hydrogen-bond acceptors (Lipinski definition) is 5. The minimum Gasteiger partial charge on any atom is -0.490 e. The van der Waals surface area contributed by atoms with Gasteiger partial charge in [-0.05, 0) is 50.4 Å². The van der Waals surface area contributed by atoms with E-state index in [9.17, 15) is 9.90 Å². The summed E-state index contributed by atoms with van der Waals surface area (Å²) < 4.78 is 11.0. The number of benzene rings is 1. The normalized spacial score (nSPS) is 12.8. The van der Waals surface area contributed by atoms with Crippen molar-refractivity contribution in [1.82, 2.24) is 5.32 Å². The van der Waals surface area contributed by atoms with E-state index < -0.39 is 6.10 Å². The molecule has 0 fully saturated rings. The van der Waals surface area contributed by atoms with Crippen LogP contribution in [0.1, 0.15) is 31.4 Å². The third kappa shape index (κ3) is 4.82. The van der Waals surface area contributed by atoms with Crippen LogP contribution < -0.4 is 15.7 Å². The van der Waals surface area contributed by atoms with E-state index in [-0.39, 0.29) is 12.2 Å². The smallest absolute Gasteiger partial charge is 0.336 e. The van der Waals surface area contributed by atoms with Crippen molar-refractivity contribution < 1.29 is 14.3 Å². The minimum atomic E-state index is -0.586. The molecule has 2 aromatic rings.